The molecule has 152 valence electrons. The topological polar surface area (TPSA) is 81.7 Å². The molecular formula is C23H18ClNO5. The Morgan fingerprint density at radius 3 is 2.27 bits per heavy atom. The van der Waals surface area contributed by atoms with Crippen LogP contribution in [-0.2, 0) is 16.1 Å². The predicted molar refractivity (Wildman–Crippen MR) is 111 cm³/mol. The third-order valence-electron chi connectivity index (χ3n) is 4.07. The second kappa shape index (κ2) is 10.2. The highest BCUT2D eigenvalue weighted by Gasteiger charge is 2.17. The van der Waals surface area contributed by atoms with Crippen LogP contribution in [0.5, 0.6) is 5.75 Å². The summed E-state index contributed by atoms with van der Waals surface area (Å²) in [6.45, 7) is -0.438. The van der Waals surface area contributed by atoms with E-state index in [2.05, 4.69) is 5.32 Å². The third kappa shape index (κ3) is 5.68. The number of benzene rings is 3. The minimum atomic E-state index is -0.743. The Labute approximate surface area is 178 Å². The van der Waals surface area contributed by atoms with Crippen molar-refractivity contribution in [1.82, 2.24) is 5.32 Å². The number of hydrogen-bond donors (Lipinski definition) is 1. The lowest BCUT2D eigenvalue weighted by Crippen LogP contribution is -2.34. The van der Waals surface area contributed by atoms with Crippen molar-refractivity contribution in [3.63, 3.8) is 0 Å². The van der Waals surface area contributed by atoms with Gasteiger partial charge in [0.25, 0.3) is 11.8 Å². The quantitative estimate of drug-likeness (QED) is 0.580. The maximum Gasteiger partial charge on any atom is 0.342 e. The normalized spacial score (nSPS) is 10.2. The van der Waals surface area contributed by atoms with Gasteiger partial charge in [-0.1, -0.05) is 60.1 Å². The molecule has 3 aromatic rings. The Bertz CT molecular complexity index is 1050. The van der Waals surface area contributed by atoms with E-state index in [1.807, 2.05) is 18.2 Å². The molecule has 3 rings (SSSR count). The van der Waals surface area contributed by atoms with Gasteiger partial charge in [-0.3, -0.25) is 14.9 Å². The molecule has 0 aliphatic rings. The van der Waals surface area contributed by atoms with Crippen LogP contribution in [0.15, 0.2) is 78.9 Å². The number of carbonyl (C=O) groups is 3. The number of halogens is 1. The fourth-order valence-electron chi connectivity index (χ4n) is 2.57. The lowest BCUT2D eigenvalue weighted by molar-refractivity contribution is -0.123. The molecule has 0 heterocycles. The minimum Gasteiger partial charge on any atom is -0.488 e. The van der Waals surface area contributed by atoms with Crippen molar-refractivity contribution in [2.75, 3.05) is 6.61 Å². The van der Waals surface area contributed by atoms with Crippen LogP contribution in [0.4, 0.5) is 0 Å². The van der Waals surface area contributed by atoms with Crippen LogP contribution in [0.1, 0.15) is 26.3 Å². The maximum atomic E-state index is 12.4. The lowest BCUT2D eigenvalue weighted by Gasteiger charge is -2.12. The molecule has 0 radical (unpaired) electrons. The number of para-hydroxylation sites is 1. The van der Waals surface area contributed by atoms with Gasteiger partial charge in [-0.15, -0.1) is 0 Å². The molecule has 0 fully saturated rings. The van der Waals surface area contributed by atoms with Crippen molar-refractivity contribution in [1.29, 1.82) is 0 Å². The number of carbonyl (C=O) groups excluding carboxylic acids is 3. The van der Waals surface area contributed by atoms with Crippen molar-refractivity contribution in [2.45, 2.75) is 6.61 Å². The van der Waals surface area contributed by atoms with E-state index in [1.54, 1.807) is 54.6 Å². The van der Waals surface area contributed by atoms with E-state index in [0.717, 1.165) is 5.56 Å². The third-order valence-corrected chi connectivity index (χ3v) is 4.44. The molecule has 0 saturated carbocycles. The fourth-order valence-corrected chi connectivity index (χ4v) is 2.76. The van der Waals surface area contributed by atoms with Crippen LogP contribution in [0.2, 0.25) is 5.02 Å². The standard InChI is InChI=1S/C23H18ClNO5/c24-19-12-6-4-10-17(19)14-29-20-13-7-5-11-18(20)23(28)30-15-21(26)25-22(27)16-8-2-1-3-9-16/h1-13H,14-15H2,(H,25,26,27). The molecule has 0 saturated heterocycles. The van der Waals surface area contributed by atoms with Gasteiger partial charge < -0.3 is 9.47 Å². The Hall–Kier alpha value is -3.64. The number of nitrogens with one attached hydrogen (secondary N) is 1. The summed E-state index contributed by atoms with van der Waals surface area (Å²) in [5.74, 6) is -1.75. The van der Waals surface area contributed by atoms with Crippen molar-refractivity contribution in [2.24, 2.45) is 0 Å². The van der Waals surface area contributed by atoms with Gasteiger partial charge in [-0.05, 0) is 30.3 Å². The summed E-state index contributed by atoms with van der Waals surface area (Å²) in [6, 6.07) is 22.0. The first-order valence-electron chi connectivity index (χ1n) is 9.06. The molecule has 30 heavy (non-hydrogen) atoms. The molecule has 0 aliphatic carbocycles. The lowest BCUT2D eigenvalue weighted by atomic mass is 10.2. The first-order chi connectivity index (χ1) is 14.5. The van der Waals surface area contributed by atoms with E-state index in [-0.39, 0.29) is 12.2 Å². The smallest absolute Gasteiger partial charge is 0.342 e. The second-order valence-electron chi connectivity index (χ2n) is 6.20. The molecule has 0 atom stereocenters. The number of amides is 2. The summed E-state index contributed by atoms with van der Waals surface area (Å²) in [7, 11) is 0. The van der Waals surface area contributed by atoms with Crippen molar-refractivity contribution in [3.05, 3.63) is 101 Å². The molecule has 0 aromatic heterocycles. The molecule has 0 bridgehead atoms. The van der Waals surface area contributed by atoms with Gasteiger partial charge in [0.2, 0.25) is 0 Å². The van der Waals surface area contributed by atoms with E-state index in [9.17, 15) is 14.4 Å². The summed E-state index contributed by atoms with van der Waals surface area (Å²) in [5.41, 5.74) is 1.25. The maximum absolute atomic E-state index is 12.4. The monoisotopic (exact) mass is 423 g/mol. The zero-order valence-electron chi connectivity index (χ0n) is 15.8. The summed E-state index contributed by atoms with van der Waals surface area (Å²) in [4.78, 5) is 36.3. The molecule has 0 aliphatic heterocycles. The molecule has 1 N–H and O–H groups in total. The summed E-state index contributed by atoms with van der Waals surface area (Å²) in [6.07, 6.45) is 0. The van der Waals surface area contributed by atoms with Crippen LogP contribution in [0.25, 0.3) is 0 Å². The Morgan fingerprint density at radius 2 is 1.50 bits per heavy atom. The van der Waals surface area contributed by atoms with Crippen LogP contribution >= 0.6 is 11.6 Å². The van der Waals surface area contributed by atoms with Gasteiger partial charge in [-0.25, -0.2) is 4.79 Å². The van der Waals surface area contributed by atoms with E-state index >= 15 is 0 Å². The Kier molecular flexibility index (Phi) is 7.19. The molecule has 6 nitrogen and oxygen atoms in total. The molecule has 7 heteroatoms. The highest BCUT2D eigenvalue weighted by atomic mass is 35.5. The van der Waals surface area contributed by atoms with E-state index in [0.29, 0.717) is 16.3 Å². The molecule has 0 unspecified atom stereocenters. The Morgan fingerprint density at radius 1 is 0.833 bits per heavy atom. The Balaban J connectivity index is 1.57. The van der Waals surface area contributed by atoms with Crippen molar-refractivity contribution < 1.29 is 23.9 Å². The number of esters is 1. The number of ether oxygens (including phenoxy) is 2. The van der Waals surface area contributed by atoms with Gasteiger partial charge >= 0.3 is 5.97 Å². The van der Waals surface area contributed by atoms with Gasteiger partial charge in [0.1, 0.15) is 17.9 Å². The molecule has 2 amide bonds. The van der Waals surface area contributed by atoms with Gasteiger partial charge in [0.15, 0.2) is 6.61 Å². The second-order valence-corrected chi connectivity index (χ2v) is 6.60. The van der Waals surface area contributed by atoms with Crippen molar-refractivity contribution in [3.8, 4) is 5.75 Å². The SMILES string of the molecule is O=C(COC(=O)c1ccccc1OCc1ccccc1Cl)NC(=O)c1ccccc1. The predicted octanol–water partition coefficient (Wildman–Crippen LogP) is 4.03. The molecular weight excluding hydrogens is 406 g/mol. The van der Waals surface area contributed by atoms with E-state index in [4.69, 9.17) is 21.1 Å². The minimum absolute atomic E-state index is 0.159. The van der Waals surface area contributed by atoms with Gasteiger partial charge in [0, 0.05) is 16.1 Å². The first kappa shape index (κ1) is 21.1. The summed E-state index contributed by atoms with van der Waals surface area (Å²) < 4.78 is 10.7. The van der Waals surface area contributed by atoms with Crippen LogP contribution in [0.3, 0.4) is 0 Å². The van der Waals surface area contributed by atoms with Gasteiger partial charge in [0.05, 0.1) is 0 Å². The van der Waals surface area contributed by atoms with E-state index in [1.165, 1.54) is 6.07 Å². The average molecular weight is 424 g/mol. The highest BCUT2D eigenvalue weighted by Crippen LogP contribution is 2.22. The molecule has 3 aromatic carbocycles. The number of rotatable bonds is 7. The van der Waals surface area contributed by atoms with Crippen LogP contribution in [0, 0.1) is 0 Å². The molecule has 0 spiro atoms. The van der Waals surface area contributed by atoms with Crippen molar-refractivity contribution >= 4 is 29.4 Å². The fraction of sp³-hybridized carbons (Fsp3) is 0.0870. The highest BCUT2D eigenvalue weighted by molar-refractivity contribution is 6.31. The zero-order chi connectivity index (χ0) is 21.3. The van der Waals surface area contributed by atoms with Crippen LogP contribution in [-0.4, -0.2) is 24.4 Å². The van der Waals surface area contributed by atoms with E-state index < -0.39 is 24.4 Å². The van der Waals surface area contributed by atoms with Crippen LogP contribution < -0.4 is 10.1 Å². The summed E-state index contributed by atoms with van der Waals surface area (Å²) in [5, 5.41) is 2.72. The first-order valence-corrected chi connectivity index (χ1v) is 9.44. The number of imide groups is 1. The summed E-state index contributed by atoms with van der Waals surface area (Å²) >= 11 is 6.12. The number of hydrogen-bond acceptors (Lipinski definition) is 5. The largest absolute Gasteiger partial charge is 0.488 e. The van der Waals surface area contributed by atoms with Gasteiger partial charge in [-0.2, -0.15) is 0 Å². The average Bonchev–Trinajstić information content (AvgIpc) is 2.77. The zero-order valence-corrected chi connectivity index (χ0v) is 16.6.